The topological polar surface area (TPSA) is 76.7 Å². The third kappa shape index (κ3) is 5.60. The lowest BCUT2D eigenvalue weighted by Gasteiger charge is -2.26. The van der Waals surface area contributed by atoms with Crippen LogP contribution in [0.3, 0.4) is 0 Å². The lowest BCUT2D eigenvalue weighted by molar-refractivity contribution is 0.481. The summed E-state index contributed by atoms with van der Waals surface area (Å²) in [6, 6.07) is 39.8. The number of aliphatic imine (C=N–C) groups is 1. The maximum absolute atomic E-state index is 6.84. The Morgan fingerprint density at radius 2 is 1.27 bits per heavy atom. The van der Waals surface area contributed by atoms with Crippen LogP contribution >= 0.6 is 0 Å². The van der Waals surface area contributed by atoms with E-state index in [1.165, 1.54) is 11.1 Å². The molecule has 0 spiro atoms. The zero-order valence-corrected chi connectivity index (χ0v) is 28.6. The number of rotatable bonds is 8. The zero-order chi connectivity index (χ0) is 34.3. The smallest absolute Gasteiger partial charge is 0.143 e. The van der Waals surface area contributed by atoms with Gasteiger partial charge in [0.15, 0.2) is 0 Å². The van der Waals surface area contributed by atoms with Gasteiger partial charge in [0.25, 0.3) is 0 Å². The first-order valence-corrected chi connectivity index (χ1v) is 17.9. The molecule has 0 bridgehead atoms. The number of fused-ring (bicyclic) bond motifs is 6. The van der Waals surface area contributed by atoms with Gasteiger partial charge < -0.3 is 14.6 Å². The number of hydrogen-bond donors (Lipinski definition) is 2. The lowest BCUT2D eigenvalue weighted by Crippen LogP contribution is -2.27. The second kappa shape index (κ2) is 13.1. The molecule has 5 heteroatoms. The van der Waals surface area contributed by atoms with E-state index in [9.17, 15) is 0 Å². The van der Waals surface area contributed by atoms with E-state index >= 15 is 0 Å². The van der Waals surface area contributed by atoms with Crippen LogP contribution in [0.25, 0.3) is 56.3 Å². The summed E-state index contributed by atoms with van der Waals surface area (Å²) in [4.78, 5) is 5.27. The van der Waals surface area contributed by atoms with Crippen molar-refractivity contribution in [2.75, 3.05) is 0 Å². The third-order valence-electron chi connectivity index (χ3n) is 10.3. The number of benzene rings is 5. The van der Waals surface area contributed by atoms with Crippen LogP contribution in [0.4, 0.5) is 0 Å². The number of nitrogens with two attached hydrogens (primary N) is 1. The van der Waals surface area contributed by atoms with Gasteiger partial charge >= 0.3 is 0 Å². The monoisotopic (exact) mass is 665 g/mol. The summed E-state index contributed by atoms with van der Waals surface area (Å²) >= 11 is 0. The molecular weight excluding hydrogens is 627 g/mol. The predicted molar refractivity (Wildman–Crippen MR) is 209 cm³/mol. The minimum atomic E-state index is -0.510. The third-order valence-corrected chi connectivity index (χ3v) is 10.3. The van der Waals surface area contributed by atoms with Crippen molar-refractivity contribution in [3.05, 3.63) is 167 Å². The van der Waals surface area contributed by atoms with Gasteiger partial charge in [0.2, 0.25) is 0 Å². The minimum Gasteiger partial charge on any atom is -0.460 e. The Hall–Kier alpha value is -5.91. The van der Waals surface area contributed by atoms with Crippen molar-refractivity contribution in [2.24, 2.45) is 10.7 Å². The van der Waals surface area contributed by atoms with Crippen molar-refractivity contribution in [3.8, 4) is 22.3 Å². The van der Waals surface area contributed by atoms with E-state index < -0.39 is 6.17 Å². The molecule has 3 N–H and O–H groups in total. The Kier molecular flexibility index (Phi) is 7.98. The maximum Gasteiger partial charge on any atom is 0.143 e. The standard InChI is InChI=1S/C46H39N3O2/c1-29(33-25-26-36-34-21-11-13-23-39(34)50-43(36)41(33)30-15-5-2-6-16-30)48-46(49-45(47)32-19-9-4-10-20-32)38-28-27-37-35-22-12-14-24-40(35)51-44(37)42(38)31-17-7-3-8-18-31/h2-11,14-21,24-29,46,48H,12-13,22-23H2,1H3,(H2,47,49). The molecule has 2 aromatic heterocycles. The molecular formula is C46H39N3O2. The molecule has 2 unspecified atom stereocenters. The van der Waals surface area contributed by atoms with Gasteiger partial charge in [-0.15, -0.1) is 0 Å². The first kappa shape index (κ1) is 31.1. The Morgan fingerprint density at radius 3 is 2.02 bits per heavy atom. The summed E-state index contributed by atoms with van der Waals surface area (Å²) in [7, 11) is 0. The van der Waals surface area contributed by atoms with Crippen molar-refractivity contribution in [3.63, 3.8) is 0 Å². The van der Waals surface area contributed by atoms with Gasteiger partial charge in [-0.3, -0.25) is 5.32 Å². The Balaban J connectivity index is 1.23. The summed E-state index contributed by atoms with van der Waals surface area (Å²) in [5.74, 6) is 2.45. The number of amidine groups is 1. The van der Waals surface area contributed by atoms with E-state index in [1.807, 2.05) is 36.4 Å². The average molecular weight is 666 g/mol. The molecule has 2 aliphatic rings. The van der Waals surface area contributed by atoms with Gasteiger partial charge in [-0.25, -0.2) is 4.99 Å². The summed E-state index contributed by atoms with van der Waals surface area (Å²) in [6.07, 6.45) is 12.1. The van der Waals surface area contributed by atoms with Gasteiger partial charge in [0.05, 0.1) is 0 Å². The Labute approximate surface area is 297 Å². The fourth-order valence-corrected chi connectivity index (χ4v) is 7.82. The molecule has 0 aliphatic heterocycles. The molecule has 51 heavy (non-hydrogen) atoms. The number of hydrogen-bond acceptors (Lipinski definition) is 4. The van der Waals surface area contributed by atoms with Crippen LogP contribution in [-0.4, -0.2) is 5.84 Å². The van der Waals surface area contributed by atoms with Crippen LogP contribution in [0.5, 0.6) is 0 Å². The zero-order valence-electron chi connectivity index (χ0n) is 28.6. The van der Waals surface area contributed by atoms with Gasteiger partial charge in [-0.2, -0.15) is 0 Å². The summed E-state index contributed by atoms with van der Waals surface area (Å²) in [5, 5.41) is 6.24. The highest BCUT2D eigenvalue weighted by Crippen LogP contribution is 2.44. The summed E-state index contributed by atoms with van der Waals surface area (Å²) in [5.41, 5.74) is 18.4. The number of nitrogens with one attached hydrogen (secondary N) is 1. The van der Waals surface area contributed by atoms with Crippen LogP contribution in [0.1, 0.15) is 71.3 Å². The quantitative estimate of drug-likeness (QED) is 0.125. The Bertz CT molecular complexity index is 2470. The fraction of sp³-hybridized carbons (Fsp3) is 0.152. The van der Waals surface area contributed by atoms with Crippen molar-refractivity contribution >= 4 is 39.9 Å². The van der Waals surface area contributed by atoms with E-state index in [-0.39, 0.29) is 6.04 Å². The van der Waals surface area contributed by atoms with Crippen molar-refractivity contribution in [1.29, 1.82) is 0 Å². The first-order valence-electron chi connectivity index (χ1n) is 17.9. The number of aryl methyl sites for hydroxylation is 2. The molecule has 0 saturated heterocycles. The van der Waals surface area contributed by atoms with Crippen molar-refractivity contribution < 1.29 is 8.83 Å². The minimum absolute atomic E-state index is 0.147. The highest BCUT2D eigenvalue weighted by molar-refractivity contribution is 6.01. The number of furan rings is 2. The van der Waals surface area contributed by atoms with Crippen LogP contribution in [0, 0.1) is 0 Å². The van der Waals surface area contributed by atoms with E-state index in [1.54, 1.807) is 0 Å². The second-order valence-corrected chi connectivity index (χ2v) is 13.5. The van der Waals surface area contributed by atoms with Crippen LogP contribution in [0.15, 0.2) is 141 Å². The molecule has 2 atom stereocenters. The average Bonchev–Trinajstić information content (AvgIpc) is 3.76. The molecule has 5 nitrogen and oxygen atoms in total. The largest absolute Gasteiger partial charge is 0.460 e. The van der Waals surface area contributed by atoms with Crippen LogP contribution in [0.2, 0.25) is 0 Å². The predicted octanol–water partition coefficient (Wildman–Crippen LogP) is 11.2. The molecule has 0 radical (unpaired) electrons. The fourth-order valence-electron chi connectivity index (χ4n) is 7.82. The van der Waals surface area contributed by atoms with E-state index in [0.29, 0.717) is 5.84 Å². The van der Waals surface area contributed by atoms with Crippen LogP contribution in [-0.2, 0) is 12.8 Å². The molecule has 250 valence electrons. The van der Waals surface area contributed by atoms with Crippen molar-refractivity contribution in [1.82, 2.24) is 5.32 Å². The van der Waals surface area contributed by atoms with Gasteiger partial charge in [-0.1, -0.05) is 133 Å². The van der Waals surface area contributed by atoms with Gasteiger partial charge in [0.1, 0.15) is 34.7 Å². The van der Waals surface area contributed by atoms with E-state index in [4.69, 9.17) is 19.6 Å². The highest BCUT2D eigenvalue weighted by Gasteiger charge is 2.28. The second-order valence-electron chi connectivity index (χ2n) is 13.5. The Morgan fingerprint density at radius 1 is 0.667 bits per heavy atom. The molecule has 2 heterocycles. The highest BCUT2D eigenvalue weighted by atomic mass is 16.3. The molecule has 0 fully saturated rings. The molecule has 0 amide bonds. The number of nitrogens with zero attached hydrogens (tertiary/aromatic N) is 1. The number of allylic oxidation sites excluding steroid dienone is 2. The van der Waals surface area contributed by atoms with E-state index in [2.05, 4.69) is 115 Å². The summed E-state index contributed by atoms with van der Waals surface area (Å²) < 4.78 is 13.4. The molecule has 2 aliphatic carbocycles. The molecule has 9 rings (SSSR count). The maximum atomic E-state index is 6.84. The lowest BCUT2D eigenvalue weighted by atomic mass is 9.91. The van der Waals surface area contributed by atoms with E-state index in [0.717, 1.165) is 98.1 Å². The molecule has 5 aromatic carbocycles. The molecule has 0 saturated carbocycles. The summed E-state index contributed by atoms with van der Waals surface area (Å²) in [6.45, 7) is 2.20. The van der Waals surface area contributed by atoms with Gasteiger partial charge in [0, 0.05) is 56.6 Å². The van der Waals surface area contributed by atoms with Crippen LogP contribution < -0.4 is 11.1 Å². The first-order chi connectivity index (χ1) is 25.1. The normalized spacial score (nSPS) is 15.2. The van der Waals surface area contributed by atoms with Crippen molar-refractivity contribution in [2.45, 2.75) is 44.8 Å². The molecule has 7 aromatic rings. The SMILES string of the molecule is CC(NC(N=C(N)c1ccccc1)c1ccc2c3c(oc2c1-c1ccccc1)C=CCC3)c1ccc2c3c(oc2c1-c1ccccc1)CCC=C3. The van der Waals surface area contributed by atoms with Gasteiger partial charge in [-0.05, 0) is 49.0 Å².